The van der Waals surface area contributed by atoms with Gasteiger partial charge in [0, 0.05) is 38.6 Å². The molecule has 2 N–H and O–H groups in total. The lowest BCUT2D eigenvalue weighted by molar-refractivity contribution is -0.127. The van der Waals surface area contributed by atoms with Crippen LogP contribution in [0.3, 0.4) is 0 Å². The van der Waals surface area contributed by atoms with Crippen LogP contribution in [0.25, 0.3) is 0 Å². The molecule has 1 aromatic carbocycles. The number of likely N-dealkylation sites (tertiary alicyclic amines) is 1. The van der Waals surface area contributed by atoms with Crippen LogP contribution in [0.4, 0.5) is 0 Å². The van der Waals surface area contributed by atoms with E-state index in [9.17, 15) is 4.79 Å². The molecule has 0 spiro atoms. The highest BCUT2D eigenvalue weighted by molar-refractivity contribution is 5.84. The molecule has 7 heteroatoms. The lowest BCUT2D eigenvalue weighted by Gasteiger charge is -2.28. The first-order chi connectivity index (χ1) is 14.3. The average Bonchev–Trinajstić information content (AvgIpc) is 3.20. The number of carbonyl (C=O) groups is 1. The van der Waals surface area contributed by atoms with Crippen molar-refractivity contribution in [2.45, 2.75) is 45.1 Å². The number of aliphatic imine (C=N–C) groups is 1. The first-order valence-corrected chi connectivity index (χ1v) is 10.9. The fraction of sp³-hybridized carbons (Fsp3) is 0.652. The summed E-state index contributed by atoms with van der Waals surface area (Å²) < 4.78 is 5.38. The smallest absolute Gasteiger partial charge is 0.243 e. The number of nitrogens with zero attached hydrogens (tertiary/aromatic N) is 3. The van der Waals surface area contributed by atoms with Crippen molar-refractivity contribution >= 4 is 11.9 Å². The molecule has 0 bridgehead atoms. The Labute approximate surface area is 181 Å². The van der Waals surface area contributed by atoms with Crippen molar-refractivity contribution in [2.75, 3.05) is 53.9 Å². The molecule has 1 fully saturated rings. The minimum atomic E-state index is -0.134. The van der Waals surface area contributed by atoms with E-state index in [1.54, 1.807) is 26.1 Å². The number of benzene rings is 1. The van der Waals surface area contributed by atoms with Crippen LogP contribution in [0.1, 0.15) is 39.2 Å². The van der Waals surface area contributed by atoms with Gasteiger partial charge in [0.15, 0.2) is 5.96 Å². The molecule has 1 unspecified atom stereocenters. The second-order valence-electron chi connectivity index (χ2n) is 8.73. The number of carbonyl (C=O) groups excluding carboxylic acids is 1. The normalized spacial score (nSPS) is 17.7. The van der Waals surface area contributed by atoms with Crippen molar-refractivity contribution in [2.24, 2.45) is 4.99 Å². The van der Waals surface area contributed by atoms with Crippen LogP contribution in [-0.4, -0.2) is 81.6 Å². The summed E-state index contributed by atoms with van der Waals surface area (Å²) in [6.07, 6.45) is 2.43. The third-order valence-electron chi connectivity index (χ3n) is 5.83. The average molecular weight is 418 g/mol. The zero-order valence-electron chi connectivity index (χ0n) is 19.5. The van der Waals surface area contributed by atoms with Crippen LogP contribution in [0.5, 0.6) is 5.75 Å². The summed E-state index contributed by atoms with van der Waals surface area (Å²) in [4.78, 5) is 20.7. The number of amides is 1. The molecule has 1 atom stereocenters. The van der Waals surface area contributed by atoms with Crippen molar-refractivity contribution in [3.8, 4) is 5.75 Å². The Morgan fingerprint density at radius 1 is 1.33 bits per heavy atom. The van der Waals surface area contributed by atoms with Gasteiger partial charge in [0.1, 0.15) is 12.3 Å². The molecule has 0 saturated carbocycles. The Morgan fingerprint density at radius 3 is 2.77 bits per heavy atom. The highest BCUT2D eigenvalue weighted by Crippen LogP contribution is 2.25. The van der Waals surface area contributed by atoms with Gasteiger partial charge in [-0.15, -0.1) is 0 Å². The highest BCUT2D eigenvalue weighted by atomic mass is 16.5. The van der Waals surface area contributed by atoms with E-state index in [1.165, 1.54) is 18.4 Å². The molecule has 7 nitrogen and oxygen atoms in total. The van der Waals surface area contributed by atoms with Gasteiger partial charge < -0.3 is 20.3 Å². The number of methoxy groups -OCH3 is 1. The zero-order chi connectivity index (χ0) is 22.1. The Morgan fingerprint density at radius 2 is 2.10 bits per heavy atom. The molecule has 2 rings (SSSR count). The van der Waals surface area contributed by atoms with Gasteiger partial charge in [-0.25, -0.2) is 4.99 Å². The fourth-order valence-corrected chi connectivity index (χ4v) is 3.67. The molecule has 1 aliphatic heterocycles. The Hall–Kier alpha value is -2.28. The fourth-order valence-electron chi connectivity index (χ4n) is 3.67. The molecule has 0 aromatic heterocycles. The zero-order valence-corrected chi connectivity index (χ0v) is 19.5. The van der Waals surface area contributed by atoms with Gasteiger partial charge in [0.05, 0.1) is 7.11 Å². The largest absolute Gasteiger partial charge is 0.497 e. The van der Waals surface area contributed by atoms with Crippen LogP contribution >= 0.6 is 0 Å². The van der Waals surface area contributed by atoms with Gasteiger partial charge >= 0.3 is 0 Å². The molecule has 168 valence electrons. The van der Waals surface area contributed by atoms with Crippen LogP contribution in [0.15, 0.2) is 29.3 Å². The summed E-state index contributed by atoms with van der Waals surface area (Å²) in [6, 6.07) is 8.66. The predicted molar refractivity (Wildman–Crippen MR) is 123 cm³/mol. The van der Waals surface area contributed by atoms with Gasteiger partial charge in [0.25, 0.3) is 0 Å². The summed E-state index contributed by atoms with van der Waals surface area (Å²) in [7, 11) is 5.19. The minimum Gasteiger partial charge on any atom is -0.497 e. The predicted octanol–water partition coefficient (Wildman–Crippen LogP) is 2.08. The molecule has 1 saturated heterocycles. The number of rotatable bonds is 9. The minimum absolute atomic E-state index is 0.0146. The van der Waals surface area contributed by atoms with E-state index in [4.69, 9.17) is 4.74 Å². The van der Waals surface area contributed by atoms with E-state index in [0.717, 1.165) is 25.4 Å². The number of ether oxygens (including phenoxy) is 1. The van der Waals surface area contributed by atoms with E-state index in [1.807, 2.05) is 12.1 Å². The molecular weight excluding hydrogens is 378 g/mol. The lowest BCUT2D eigenvalue weighted by atomic mass is 9.84. The lowest BCUT2D eigenvalue weighted by Crippen LogP contribution is -2.48. The maximum atomic E-state index is 12.0. The molecule has 30 heavy (non-hydrogen) atoms. The van der Waals surface area contributed by atoms with Crippen molar-refractivity contribution in [3.05, 3.63) is 29.8 Å². The number of hydrogen-bond donors (Lipinski definition) is 2. The van der Waals surface area contributed by atoms with Gasteiger partial charge in [-0.1, -0.05) is 32.9 Å². The Kier molecular flexibility index (Phi) is 8.96. The maximum absolute atomic E-state index is 12.0. The third-order valence-corrected chi connectivity index (χ3v) is 5.83. The number of likely N-dealkylation sites (N-methyl/N-ethyl adjacent to an activating group) is 2. The molecule has 1 aliphatic rings. The highest BCUT2D eigenvalue weighted by Gasteiger charge is 2.24. The van der Waals surface area contributed by atoms with Crippen LogP contribution in [0, 0.1) is 0 Å². The second kappa shape index (κ2) is 11.2. The van der Waals surface area contributed by atoms with Crippen LogP contribution in [0.2, 0.25) is 0 Å². The molecule has 0 aliphatic carbocycles. The number of guanidine groups is 1. The van der Waals surface area contributed by atoms with Crippen molar-refractivity contribution in [1.29, 1.82) is 0 Å². The van der Waals surface area contributed by atoms with Crippen molar-refractivity contribution in [1.82, 2.24) is 20.4 Å². The van der Waals surface area contributed by atoms with E-state index in [0.29, 0.717) is 18.5 Å². The van der Waals surface area contributed by atoms with E-state index < -0.39 is 0 Å². The second-order valence-corrected chi connectivity index (χ2v) is 8.73. The SMILES string of the molecule is CCN1CCCC1CNC(=NCC(=O)N(C)C)NCC(C)(C)c1cccc(OC)c1. The number of hydrogen-bond acceptors (Lipinski definition) is 4. The standard InChI is InChI=1S/C23H39N5O2/c1-7-28-13-9-11-19(28)15-24-22(25-16-21(29)27(4)5)26-17-23(2,3)18-10-8-12-20(14-18)30-6/h8,10,12,14,19H,7,9,11,13,15-17H2,1-6H3,(H2,24,25,26). The number of nitrogens with one attached hydrogen (secondary N) is 2. The van der Waals surface area contributed by atoms with Gasteiger partial charge in [0.2, 0.25) is 5.91 Å². The van der Waals surface area contributed by atoms with Gasteiger partial charge in [-0.05, 0) is 43.6 Å². The topological polar surface area (TPSA) is 69.2 Å². The summed E-state index contributed by atoms with van der Waals surface area (Å²) in [5.41, 5.74) is 1.05. The summed E-state index contributed by atoms with van der Waals surface area (Å²) in [5.74, 6) is 1.52. The summed E-state index contributed by atoms with van der Waals surface area (Å²) in [5, 5.41) is 6.92. The van der Waals surface area contributed by atoms with E-state index >= 15 is 0 Å². The third kappa shape index (κ3) is 6.90. The Balaban J connectivity index is 2.05. The first kappa shape index (κ1) is 24.0. The monoisotopic (exact) mass is 417 g/mol. The van der Waals surface area contributed by atoms with Crippen LogP contribution in [-0.2, 0) is 10.2 Å². The van der Waals surface area contributed by atoms with Crippen molar-refractivity contribution < 1.29 is 9.53 Å². The Bertz CT molecular complexity index is 717. The van der Waals surface area contributed by atoms with Crippen molar-refractivity contribution in [3.63, 3.8) is 0 Å². The maximum Gasteiger partial charge on any atom is 0.243 e. The van der Waals surface area contributed by atoms with Crippen LogP contribution < -0.4 is 15.4 Å². The molecule has 1 amide bonds. The van der Waals surface area contributed by atoms with E-state index in [-0.39, 0.29) is 17.9 Å². The van der Waals surface area contributed by atoms with Gasteiger partial charge in [-0.3, -0.25) is 9.69 Å². The quantitative estimate of drug-likeness (QED) is 0.476. The summed E-state index contributed by atoms with van der Waals surface area (Å²) >= 11 is 0. The van der Waals surface area contributed by atoms with Gasteiger partial charge in [-0.2, -0.15) is 0 Å². The molecule has 1 heterocycles. The first-order valence-electron chi connectivity index (χ1n) is 10.9. The van der Waals surface area contributed by atoms with E-state index in [2.05, 4.69) is 53.4 Å². The molecular formula is C23H39N5O2. The molecule has 1 aromatic rings. The molecule has 0 radical (unpaired) electrons. The summed E-state index contributed by atoms with van der Waals surface area (Å²) in [6.45, 7) is 10.4.